The molecular formula is C30H26Br2. The Hall–Kier alpha value is -1.90. The zero-order chi connectivity index (χ0) is 22.4. The molecule has 3 aliphatic rings. The molecule has 2 atom stereocenters. The number of benzene rings is 3. The van der Waals surface area contributed by atoms with Gasteiger partial charge < -0.3 is 0 Å². The first-order valence-electron chi connectivity index (χ1n) is 11.3. The highest BCUT2D eigenvalue weighted by Crippen LogP contribution is 2.55. The van der Waals surface area contributed by atoms with Crippen molar-refractivity contribution in [3.8, 4) is 11.1 Å². The standard InChI is InChI=1S/C30H26Br2/c1-29(2)25-13-17(5-9-21(25)23-11-7-19(31)15-27(23)29)18-6-10-22-24-12-8-20(32)16-28(24)30(3,4)26(22)14-18/h5-16,21,25H,1-4H3. The number of halogens is 2. The third-order valence-corrected chi connectivity index (χ3v) is 9.09. The highest BCUT2D eigenvalue weighted by atomic mass is 79.9. The van der Waals surface area contributed by atoms with Crippen LogP contribution in [0.5, 0.6) is 0 Å². The van der Waals surface area contributed by atoms with E-state index in [9.17, 15) is 0 Å². The van der Waals surface area contributed by atoms with Crippen LogP contribution in [0.4, 0.5) is 0 Å². The Labute approximate surface area is 207 Å². The quantitative estimate of drug-likeness (QED) is 0.286. The van der Waals surface area contributed by atoms with Gasteiger partial charge in [-0.05, 0) is 86.2 Å². The molecule has 3 aromatic carbocycles. The van der Waals surface area contributed by atoms with Gasteiger partial charge in [0, 0.05) is 20.3 Å². The molecule has 0 nitrogen and oxygen atoms in total. The Morgan fingerprint density at radius 3 is 2.09 bits per heavy atom. The van der Waals surface area contributed by atoms with E-state index in [0.717, 1.165) is 4.47 Å². The number of hydrogen-bond donors (Lipinski definition) is 0. The molecule has 2 unspecified atom stereocenters. The van der Waals surface area contributed by atoms with E-state index in [1.54, 1.807) is 0 Å². The van der Waals surface area contributed by atoms with Crippen LogP contribution < -0.4 is 0 Å². The van der Waals surface area contributed by atoms with Crippen molar-refractivity contribution in [3.63, 3.8) is 0 Å². The highest BCUT2D eigenvalue weighted by Gasteiger charge is 2.45. The summed E-state index contributed by atoms with van der Waals surface area (Å²) in [5.41, 5.74) is 11.3. The SMILES string of the molecule is CC1(C)c2cc(Br)ccc2-c2ccc(C3=CC4C(C=C3)c3ccc(Br)cc3C4(C)C)cc21. The van der Waals surface area contributed by atoms with Gasteiger partial charge in [0.25, 0.3) is 0 Å². The average molecular weight is 546 g/mol. The maximum absolute atomic E-state index is 3.68. The third-order valence-electron chi connectivity index (χ3n) is 8.10. The third kappa shape index (κ3) is 2.78. The minimum absolute atomic E-state index is 0.00107. The van der Waals surface area contributed by atoms with Crippen molar-refractivity contribution >= 4 is 37.4 Å². The Morgan fingerprint density at radius 2 is 1.34 bits per heavy atom. The lowest BCUT2D eigenvalue weighted by Gasteiger charge is -2.31. The first kappa shape index (κ1) is 20.7. The molecule has 32 heavy (non-hydrogen) atoms. The zero-order valence-electron chi connectivity index (χ0n) is 18.8. The molecule has 0 spiro atoms. The van der Waals surface area contributed by atoms with Gasteiger partial charge in [-0.1, -0.05) is 102 Å². The van der Waals surface area contributed by atoms with E-state index in [2.05, 4.69) is 132 Å². The van der Waals surface area contributed by atoms with Gasteiger partial charge in [0.05, 0.1) is 0 Å². The number of fused-ring (bicyclic) bond motifs is 6. The van der Waals surface area contributed by atoms with Crippen molar-refractivity contribution < 1.29 is 0 Å². The van der Waals surface area contributed by atoms with Gasteiger partial charge in [-0.2, -0.15) is 0 Å². The number of rotatable bonds is 1. The number of allylic oxidation sites excluding steroid dienone is 4. The summed E-state index contributed by atoms with van der Waals surface area (Å²) in [7, 11) is 0. The van der Waals surface area contributed by atoms with Crippen LogP contribution in [0.3, 0.4) is 0 Å². The summed E-state index contributed by atoms with van der Waals surface area (Å²) >= 11 is 7.35. The van der Waals surface area contributed by atoms with E-state index in [-0.39, 0.29) is 10.8 Å². The second-order valence-electron chi connectivity index (χ2n) is 10.6. The first-order valence-corrected chi connectivity index (χ1v) is 12.9. The molecule has 0 saturated heterocycles. The van der Waals surface area contributed by atoms with Crippen LogP contribution in [0.15, 0.2) is 81.8 Å². The summed E-state index contributed by atoms with van der Waals surface area (Å²) in [4.78, 5) is 0. The Kier molecular flexibility index (Phi) is 4.40. The van der Waals surface area contributed by atoms with Gasteiger partial charge in [0.2, 0.25) is 0 Å². The monoisotopic (exact) mass is 544 g/mol. The predicted octanol–water partition coefficient (Wildman–Crippen LogP) is 9.16. The van der Waals surface area contributed by atoms with E-state index >= 15 is 0 Å². The molecular weight excluding hydrogens is 520 g/mol. The molecule has 0 radical (unpaired) electrons. The molecule has 3 aromatic rings. The second-order valence-corrected chi connectivity index (χ2v) is 12.4. The fourth-order valence-electron chi connectivity index (χ4n) is 6.27. The number of hydrogen-bond acceptors (Lipinski definition) is 0. The molecule has 0 saturated carbocycles. The summed E-state index contributed by atoms with van der Waals surface area (Å²) in [6.07, 6.45) is 7.32. The molecule has 0 amide bonds. The lowest BCUT2D eigenvalue weighted by atomic mass is 9.72. The van der Waals surface area contributed by atoms with Gasteiger partial charge in [-0.3, -0.25) is 0 Å². The van der Waals surface area contributed by atoms with E-state index in [1.165, 1.54) is 49.0 Å². The topological polar surface area (TPSA) is 0 Å². The summed E-state index contributed by atoms with van der Waals surface area (Å²) < 4.78 is 2.32. The first-order chi connectivity index (χ1) is 15.2. The maximum atomic E-state index is 3.68. The molecule has 160 valence electrons. The van der Waals surface area contributed by atoms with Crippen LogP contribution in [0.1, 0.15) is 61.4 Å². The Morgan fingerprint density at radius 1 is 0.719 bits per heavy atom. The lowest BCUT2D eigenvalue weighted by Crippen LogP contribution is -2.25. The molecule has 0 heterocycles. The van der Waals surface area contributed by atoms with Crippen molar-refractivity contribution in [1.82, 2.24) is 0 Å². The van der Waals surface area contributed by atoms with Gasteiger partial charge in [0.1, 0.15) is 0 Å². The van der Waals surface area contributed by atoms with Gasteiger partial charge >= 0.3 is 0 Å². The summed E-state index contributed by atoms with van der Waals surface area (Å²) in [5.74, 6) is 0.936. The minimum atomic E-state index is 0.00107. The van der Waals surface area contributed by atoms with Crippen LogP contribution in [0.25, 0.3) is 16.7 Å². The van der Waals surface area contributed by atoms with Gasteiger partial charge in [-0.25, -0.2) is 0 Å². The van der Waals surface area contributed by atoms with Gasteiger partial charge in [-0.15, -0.1) is 0 Å². The van der Waals surface area contributed by atoms with Crippen molar-refractivity contribution in [2.75, 3.05) is 0 Å². The smallest absolute Gasteiger partial charge is 0.0178 e. The van der Waals surface area contributed by atoms with Crippen LogP contribution in [-0.2, 0) is 10.8 Å². The predicted molar refractivity (Wildman–Crippen MR) is 142 cm³/mol. The summed E-state index contributed by atoms with van der Waals surface area (Å²) in [6, 6.07) is 20.6. The largest absolute Gasteiger partial charge is 0.0758 e. The second kappa shape index (κ2) is 6.81. The van der Waals surface area contributed by atoms with Crippen molar-refractivity contribution in [2.24, 2.45) is 5.92 Å². The summed E-state index contributed by atoms with van der Waals surface area (Å²) in [5, 5.41) is 0. The molecule has 0 aliphatic heterocycles. The van der Waals surface area contributed by atoms with Crippen molar-refractivity contribution in [3.05, 3.63) is 110 Å². The van der Waals surface area contributed by atoms with E-state index in [4.69, 9.17) is 0 Å². The van der Waals surface area contributed by atoms with Crippen LogP contribution in [0.2, 0.25) is 0 Å². The van der Waals surface area contributed by atoms with Gasteiger partial charge in [0.15, 0.2) is 0 Å². The van der Waals surface area contributed by atoms with Crippen molar-refractivity contribution in [2.45, 2.75) is 44.4 Å². The van der Waals surface area contributed by atoms with E-state index in [1.807, 2.05) is 0 Å². The summed E-state index contributed by atoms with van der Waals surface area (Å²) in [6.45, 7) is 9.50. The zero-order valence-corrected chi connectivity index (χ0v) is 22.0. The molecule has 3 aliphatic carbocycles. The minimum Gasteiger partial charge on any atom is -0.0758 e. The molecule has 0 aromatic heterocycles. The average Bonchev–Trinajstić information content (AvgIpc) is 3.12. The maximum Gasteiger partial charge on any atom is 0.0178 e. The normalized spacial score (nSPS) is 23.2. The van der Waals surface area contributed by atoms with Crippen LogP contribution in [-0.4, -0.2) is 0 Å². The Bertz CT molecular complexity index is 1350. The molecule has 0 N–H and O–H groups in total. The van der Waals surface area contributed by atoms with Crippen molar-refractivity contribution in [1.29, 1.82) is 0 Å². The fraction of sp³-hybridized carbons (Fsp3) is 0.267. The van der Waals surface area contributed by atoms with E-state index < -0.39 is 0 Å². The van der Waals surface area contributed by atoms with Crippen LogP contribution >= 0.6 is 31.9 Å². The molecule has 0 bridgehead atoms. The lowest BCUT2D eigenvalue weighted by molar-refractivity contribution is 0.395. The molecule has 2 heteroatoms. The molecule has 0 fully saturated rings. The fourth-order valence-corrected chi connectivity index (χ4v) is 6.99. The highest BCUT2D eigenvalue weighted by molar-refractivity contribution is 9.10. The molecule has 6 rings (SSSR count). The van der Waals surface area contributed by atoms with Crippen LogP contribution in [0, 0.1) is 5.92 Å². The van der Waals surface area contributed by atoms with E-state index in [0.29, 0.717) is 11.8 Å². The Balaban J connectivity index is 1.43.